The van der Waals surface area contributed by atoms with Gasteiger partial charge in [0.1, 0.15) is 11.3 Å². The quantitative estimate of drug-likeness (QED) is 0.310. The van der Waals surface area contributed by atoms with Gasteiger partial charge in [-0.3, -0.25) is 0 Å². The van der Waals surface area contributed by atoms with Crippen LogP contribution in [0.5, 0.6) is 0 Å². The largest absolute Gasteiger partial charge is 0.422 e. The fraction of sp³-hybridized carbons (Fsp3) is 0.100. The van der Waals surface area contributed by atoms with E-state index in [1.54, 1.807) is 29.9 Å². The Morgan fingerprint density at radius 3 is 2.78 bits per heavy atom. The van der Waals surface area contributed by atoms with Crippen molar-refractivity contribution in [3.05, 3.63) is 88.5 Å². The average Bonchev–Trinajstić information content (AvgIpc) is 3.17. The van der Waals surface area contributed by atoms with Crippen molar-refractivity contribution in [1.82, 2.24) is 15.0 Å². The van der Waals surface area contributed by atoms with Gasteiger partial charge in [0, 0.05) is 5.39 Å². The molecule has 0 saturated heterocycles. The molecule has 0 fully saturated rings. The second-order valence-electron chi connectivity index (χ2n) is 5.93. The Bertz CT molecular complexity index is 1160. The lowest BCUT2D eigenvalue weighted by Gasteiger charge is -2.02. The van der Waals surface area contributed by atoms with Crippen LogP contribution < -0.4 is 5.63 Å². The third-order valence-corrected chi connectivity index (χ3v) is 4.01. The maximum atomic E-state index is 12.1. The molecule has 4 aromatic rings. The molecule has 7 nitrogen and oxygen atoms in total. The van der Waals surface area contributed by atoms with Crippen LogP contribution in [0.3, 0.4) is 0 Å². The molecule has 0 spiro atoms. The van der Waals surface area contributed by atoms with Crippen LogP contribution in [-0.4, -0.2) is 20.7 Å². The number of benzene rings is 2. The van der Waals surface area contributed by atoms with Crippen LogP contribution >= 0.6 is 0 Å². The molecule has 0 N–H and O–H groups in total. The SMILES string of the molecule is CC(=NOCc1cn(-c2ccccc2)nn1)c1cc2ccccc2oc1=O. The van der Waals surface area contributed by atoms with Gasteiger partial charge in [-0.05, 0) is 31.2 Å². The summed E-state index contributed by atoms with van der Waals surface area (Å²) >= 11 is 0. The summed E-state index contributed by atoms with van der Waals surface area (Å²) in [5.41, 5.74) is 2.42. The molecule has 2 heterocycles. The number of rotatable bonds is 5. The highest BCUT2D eigenvalue weighted by Gasteiger charge is 2.09. The third-order valence-electron chi connectivity index (χ3n) is 4.01. The van der Waals surface area contributed by atoms with Gasteiger partial charge in [0.05, 0.1) is 23.2 Å². The molecule has 0 amide bonds. The summed E-state index contributed by atoms with van der Waals surface area (Å²) in [4.78, 5) is 17.5. The summed E-state index contributed by atoms with van der Waals surface area (Å²) in [6, 6.07) is 18.7. The predicted molar refractivity (Wildman–Crippen MR) is 101 cm³/mol. The molecule has 0 radical (unpaired) electrons. The number of para-hydroxylation sites is 2. The minimum absolute atomic E-state index is 0.142. The van der Waals surface area contributed by atoms with E-state index in [0.717, 1.165) is 11.1 Å². The van der Waals surface area contributed by atoms with E-state index >= 15 is 0 Å². The van der Waals surface area contributed by atoms with Crippen molar-refractivity contribution in [1.29, 1.82) is 0 Å². The lowest BCUT2D eigenvalue weighted by atomic mass is 10.1. The molecule has 0 bridgehead atoms. The molecule has 0 aliphatic rings. The van der Waals surface area contributed by atoms with Gasteiger partial charge in [0.2, 0.25) is 0 Å². The van der Waals surface area contributed by atoms with Crippen molar-refractivity contribution in [3.8, 4) is 5.69 Å². The highest BCUT2D eigenvalue weighted by molar-refractivity contribution is 6.00. The zero-order chi connectivity index (χ0) is 18.6. The van der Waals surface area contributed by atoms with Gasteiger partial charge in [0.25, 0.3) is 0 Å². The Labute approximate surface area is 154 Å². The van der Waals surface area contributed by atoms with Crippen LogP contribution in [0.15, 0.2) is 81.2 Å². The first-order valence-corrected chi connectivity index (χ1v) is 8.37. The van der Waals surface area contributed by atoms with Gasteiger partial charge >= 0.3 is 5.63 Å². The summed E-state index contributed by atoms with van der Waals surface area (Å²) < 4.78 is 6.97. The molecule has 0 aliphatic heterocycles. The Morgan fingerprint density at radius 1 is 1.15 bits per heavy atom. The number of hydrogen-bond acceptors (Lipinski definition) is 6. The smallest absolute Gasteiger partial charge is 0.345 e. The summed E-state index contributed by atoms with van der Waals surface area (Å²) in [5.74, 6) is 0. The predicted octanol–water partition coefficient (Wildman–Crippen LogP) is 3.31. The molecule has 0 atom stereocenters. The van der Waals surface area contributed by atoms with Gasteiger partial charge in [-0.1, -0.05) is 46.8 Å². The Morgan fingerprint density at radius 2 is 1.93 bits per heavy atom. The minimum atomic E-state index is -0.450. The van der Waals surface area contributed by atoms with E-state index in [0.29, 0.717) is 22.6 Å². The normalized spacial score (nSPS) is 11.7. The summed E-state index contributed by atoms with van der Waals surface area (Å²) in [5, 5.41) is 13.0. The first-order valence-electron chi connectivity index (χ1n) is 8.37. The summed E-state index contributed by atoms with van der Waals surface area (Å²) in [6.45, 7) is 1.84. The van der Waals surface area contributed by atoms with Gasteiger partial charge in [-0.2, -0.15) is 0 Å². The van der Waals surface area contributed by atoms with Crippen LogP contribution in [0.1, 0.15) is 18.2 Å². The fourth-order valence-electron chi connectivity index (χ4n) is 2.63. The molecule has 2 aromatic heterocycles. The van der Waals surface area contributed by atoms with E-state index in [2.05, 4.69) is 15.5 Å². The van der Waals surface area contributed by atoms with Crippen LogP contribution in [0, 0.1) is 0 Å². The van der Waals surface area contributed by atoms with Gasteiger partial charge in [-0.15, -0.1) is 5.10 Å². The second kappa shape index (κ2) is 7.25. The lowest BCUT2D eigenvalue weighted by molar-refractivity contribution is 0.127. The number of fused-ring (bicyclic) bond motifs is 1. The maximum absolute atomic E-state index is 12.1. The number of oxime groups is 1. The molecule has 134 valence electrons. The van der Waals surface area contributed by atoms with Gasteiger partial charge in [-0.25, -0.2) is 9.48 Å². The first-order chi connectivity index (χ1) is 13.2. The van der Waals surface area contributed by atoms with Crippen molar-refractivity contribution in [2.45, 2.75) is 13.5 Å². The van der Waals surface area contributed by atoms with Crippen molar-refractivity contribution < 1.29 is 9.25 Å². The average molecular weight is 360 g/mol. The van der Waals surface area contributed by atoms with Gasteiger partial charge < -0.3 is 9.25 Å². The molecule has 0 aliphatic carbocycles. The van der Waals surface area contributed by atoms with Crippen LogP contribution in [0.25, 0.3) is 16.7 Å². The number of aromatic nitrogens is 3. The second-order valence-corrected chi connectivity index (χ2v) is 5.93. The van der Waals surface area contributed by atoms with Crippen LogP contribution in [-0.2, 0) is 11.4 Å². The van der Waals surface area contributed by atoms with Crippen LogP contribution in [0.2, 0.25) is 0 Å². The van der Waals surface area contributed by atoms with E-state index in [9.17, 15) is 4.79 Å². The zero-order valence-corrected chi connectivity index (χ0v) is 14.6. The van der Waals surface area contributed by atoms with E-state index < -0.39 is 5.63 Å². The van der Waals surface area contributed by atoms with Crippen molar-refractivity contribution in [2.24, 2.45) is 5.16 Å². The van der Waals surface area contributed by atoms with Crippen LogP contribution in [0.4, 0.5) is 0 Å². The molecular formula is C20H16N4O3. The number of hydrogen-bond donors (Lipinski definition) is 0. The highest BCUT2D eigenvalue weighted by atomic mass is 16.6. The van der Waals surface area contributed by atoms with Gasteiger partial charge in [0.15, 0.2) is 6.61 Å². The molecule has 27 heavy (non-hydrogen) atoms. The lowest BCUT2D eigenvalue weighted by Crippen LogP contribution is -2.12. The molecule has 0 unspecified atom stereocenters. The van der Waals surface area contributed by atoms with E-state index in [4.69, 9.17) is 9.25 Å². The number of nitrogens with zero attached hydrogens (tertiary/aromatic N) is 4. The standard InChI is InChI=1S/C20H16N4O3/c1-14(18-11-15-7-5-6-10-19(15)27-20(18)25)22-26-13-16-12-24(23-21-16)17-8-3-2-4-9-17/h2-12H,13H2,1H3. The van der Waals surface area contributed by atoms with Crippen molar-refractivity contribution >= 4 is 16.7 Å². The van der Waals surface area contributed by atoms with E-state index in [1.807, 2.05) is 48.5 Å². The minimum Gasteiger partial charge on any atom is -0.422 e. The van der Waals surface area contributed by atoms with Crippen molar-refractivity contribution in [3.63, 3.8) is 0 Å². The molecule has 0 saturated carbocycles. The Hall–Kier alpha value is -3.74. The first kappa shape index (κ1) is 16.7. The molecule has 2 aromatic carbocycles. The van der Waals surface area contributed by atoms with E-state index in [-0.39, 0.29) is 6.61 Å². The summed E-state index contributed by atoms with van der Waals surface area (Å²) in [6.07, 6.45) is 1.77. The topological polar surface area (TPSA) is 82.5 Å². The molecule has 4 rings (SSSR count). The third kappa shape index (κ3) is 3.62. The summed E-state index contributed by atoms with van der Waals surface area (Å²) in [7, 11) is 0. The zero-order valence-electron chi connectivity index (χ0n) is 14.6. The highest BCUT2D eigenvalue weighted by Crippen LogP contribution is 2.13. The maximum Gasteiger partial charge on any atom is 0.345 e. The Kier molecular flexibility index (Phi) is 4.49. The fourth-order valence-corrected chi connectivity index (χ4v) is 2.63. The monoisotopic (exact) mass is 360 g/mol. The molecule has 7 heteroatoms. The van der Waals surface area contributed by atoms with Crippen molar-refractivity contribution in [2.75, 3.05) is 0 Å². The Balaban J connectivity index is 1.48. The van der Waals surface area contributed by atoms with E-state index in [1.165, 1.54) is 0 Å². The molecular weight excluding hydrogens is 344 g/mol.